The van der Waals surface area contributed by atoms with E-state index in [-0.39, 0.29) is 0 Å². The standard InChI is InChI=1S/C19H23N7/c1-13-6-7-17-22-23-18(26(17)24-13)14-8-10-25(11-9-14)19-15-4-2-3-5-16(15)20-12-21-19/h6-7,12,14H,2-5,8-11H2,1H3. The number of aromatic nitrogens is 6. The molecule has 1 fully saturated rings. The second-order valence-corrected chi connectivity index (χ2v) is 7.39. The minimum Gasteiger partial charge on any atom is -0.356 e. The Kier molecular flexibility index (Phi) is 3.80. The van der Waals surface area contributed by atoms with Crippen molar-refractivity contribution >= 4 is 11.5 Å². The van der Waals surface area contributed by atoms with Crippen LogP contribution in [0.15, 0.2) is 18.5 Å². The highest BCUT2D eigenvalue weighted by Gasteiger charge is 2.28. The van der Waals surface area contributed by atoms with Crippen LogP contribution in [0.25, 0.3) is 5.65 Å². The van der Waals surface area contributed by atoms with Gasteiger partial charge in [-0.25, -0.2) is 9.97 Å². The lowest BCUT2D eigenvalue weighted by Gasteiger charge is -2.34. The third-order valence-electron chi connectivity index (χ3n) is 5.68. The van der Waals surface area contributed by atoms with E-state index in [1.807, 2.05) is 23.6 Å². The first-order valence-electron chi connectivity index (χ1n) is 9.56. The summed E-state index contributed by atoms with van der Waals surface area (Å²) in [6.07, 6.45) is 8.55. The van der Waals surface area contributed by atoms with Crippen molar-refractivity contribution in [1.82, 2.24) is 29.8 Å². The average Bonchev–Trinajstić information content (AvgIpc) is 3.11. The molecule has 1 aliphatic heterocycles. The van der Waals surface area contributed by atoms with Gasteiger partial charge in [-0.15, -0.1) is 10.2 Å². The maximum Gasteiger partial charge on any atom is 0.177 e. The first-order chi connectivity index (χ1) is 12.8. The van der Waals surface area contributed by atoms with E-state index in [1.54, 1.807) is 6.33 Å². The zero-order valence-corrected chi connectivity index (χ0v) is 15.1. The van der Waals surface area contributed by atoms with E-state index < -0.39 is 0 Å². The lowest BCUT2D eigenvalue weighted by atomic mass is 9.93. The van der Waals surface area contributed by atoms with Crippen molar-refractivity contribution in [2.45, 2.75) is 51.4 Å². The SMILES string of the molecule is Cc1ccc2nnc(C3CCN(c4ncnc5c4CCCC5)CC3)n2n1. The molecule has 5 rings (SSSR count). The smallest absolute Gasteiger partial charge is 0.177 e. The molecule has 0 saturated carbocycles. The predicted octanol–water partition coefficient (Wildman–Crippen LogP) is 2.49. The number of piperidine rings is 1. The molecule has 0 atom stereocenters. The summed E-state index contributed by atoms with van der Waals surface area (Å²) in [5.74, 6) is 2.55. The van der Waals surface area contributed by atoms with Crippen LogP contribution in [0.5, 0.6) is 0 Å². The lowest BCUT2D eigenvalue weighted by molar-refractivity contribution is 0.472. The molecule has 134 valence electrons. The minimum absolute atomic E-state index is 0.396. The normalized spacial score (nSPS) is 18.3. The van der Waals surface area contributed by atoms with Crippen LogP contribution in [0.4, 0.5) is 5.82 Å². The number of hydrogen-bond acceptors (Lipinski definition) is 6. The van der Waals surface area contributed by atoms with Gasteiger partial charge in [0, 0.05) is 30.3 Å². The molecule has 0 amide bonds. The number of fused-ring (bicyclic) bond motifs is 2. The molecule has 1 saturated heterocycles. The van der Waals surface area contributed by atoms with E-state index >= 15 is 0 Å². The van der Waals surface area contributed by atoms with Gasteiger partial charge in [0.25, 0.3) is 0 Å². The van der Waals surface area contributed by atoms with E-state index in [0.717, 1.165) is 61.8 Å². The Hall–Kier alpha value is -2.57. The molecule has 1 aliphatic carbocycles. The van der Waals surface area contributed by atoms with Crippen LogP contribution in [0.1, 0.15) is 54.4 Å². The van der Waals surface area contributed by atoms with Gasteiger partial charge in [-0.2, -0.15) is 9.61 Å². The van der Waals surface area contributed by atoms with Crippen LogP contribution in [-0.4, -0.2) is 42.9 Å². The summed E-state index contributed by atoms with van der Waals surface area (Å²) in [7, 11) is 0. The van der Waals surface area contributed by atoms with Gasteiger partial charge in [0.1, 0.15) is 12.1 Å². The Balaban J connectivity index is 1.37. The molecule has 0 radical (unpaired) electrons. The molecule has 3 aromatic rings. The predicted molar refractivity (Wildman–Crippen MR) is 98.4 cm³/mol. The number of rotatable bonds is 2. The van der Waals surface area contributed by atoms with Crippen molar-refractivity contribution in [2.75, 3.05) is 18.0 Å². The first kappa shape index (κ1) is 15.7. The fourth-order valence-electron chi connectivity index (χ4n) is 4.28. The van der Waals surface area contributed by atoms with Crippen molar-refractivity contribution in [1.29, 1.82) is 0 Å². The summed E-state index contributed by atoms with van der Waals surface area (Å²) in [6, 6.07) is 3.97. The van der Waals surface area contributed by atoms with Gasteiger partial charge < -0.3 is 4.90 Å². The summed E-state index contributed by atoms with van der Waals surface area (Å²) < 4.78 is 1.92. The van der Waals surface area contributed by atoms with Gasteiger partial charge in [-0.1, -0.05) is 0 Å². The van der Waals surface area contributed by atoms with Crippen LogP contribution >= 0.6 is 0 Å². The number of aryl methyl sites for hydroxylation is 2. The molecule has 0 N–H and O–H groups in total. The summed E-state index contributed by atoms with van der Waals surface area (Å²) in [4.78, 5) is 11.6. The molecule has 7 heteroatoms. The Morgan fingerprint density at radius 1 is 1.00 bits per heavy atom. The zero-order valence-electron chi connectivity index (χ0n) is 15.1. The van der Waals surface area contributed by atoms with Gasteiger partial charge in [0.2, 0.25) is 0 Å². The molecule has 26 heavy (non-hydrogen) atoms. The minimum atomic E-state index is 0.396. The third kappa shape index (κ3) is 2.62. The summed E-state index contributed by atoms with van der Waals surface area (Å²) >= 11 is 0. The topological polar surface area (TPSA) is 72.1 Å². The van der Waals surface area contributed by atoms with E-state index in [9.17, 15) is 0 Å². The van der Waals surface area contributed by atoms with Crippen LogP contribution in [-0.2, 0) is 12.8 Å². The Morgan fingerprint density at radius 2 is 1.85 bits per heavy atom. The Bertz CT molecular complexity index is 940. The molecule has 7 nitrogen and oxygen atoms in total. The monoisotopic (exact) mass is 349 g/mol. The molecule has 0 unspecified atom stereocenters. The lowest BCUT2D eigenvalue weighted by Crippen LogP contribution is -2.35. The molecule has 0 bridgehead atoms. The van der Waals surface area contributed by atoms with Crippen molar-refractivity contribution < 1.29 is 0 Å². The van der Waals surface area contributed by atoms with Gasteiger partial charge >= 0.3 is 0 Å². The number of nitrogens with zero attached hydrogens (tertiary/aromatic N) is 7. The van der Waals surface area contributed by atoms with Crippen LogP contribution < -0.4 is 4.90 Å². The Morgan fingerprint density at radius 3 is 2.73 bits per heavy atom. The number of anilines is 1. The van der Waals surface area contributed by atoms with Gasteiger partial charge in [-0.05, 0) is 57.6 Å². The van der Waals surface area contributed by atoms with Crippen molar-refractivity contribution in [2.24, 2.45) is 0 Å². The second kappa shape index (κ2) is 6.30. The summed E-state index contributed by atoms with van der Waals surface area (Å²) in [6.45, 7) is 3.99. The van der Waals surface area contributed by atoms with Gasteiger partial charge in [0.15, 0.2) is 11.5 Å². The first-order valence-corrected chi connectivity index (χ1v) is 9.56. The molecule has 2 aliphatic rings. The van der Waals surface area contributed by atoms with Crippen molar-refractivity contribution in [3.63, 3.8) is 0 Å². The van der Waals surface area contributed by atoms with Gasteiger partial charge in [0.05, 0.1) is 5.69 Å². The second-order valence-electron chi connectivity index (χ2n) is 7.39. The van der Waals surface area contributed by atoms with E-state index in [1.165, 1.54) is 24.1 Å². The van der Waals surface area contributed by atoms with E-state index in [2.05, 4.69) is 30.2 Å². The third-order valence-corrected chi connectivity index (χ3v) is 5.68. The van der Waals surface area contributed by atoms with Crippen LogP contribution in [0.3, 0.4) is 0 Å². The van der Waals surface area contributed by atoms with E-state index in [4.69, 9.17) is 0 Å². The fraction of sp³-hybridized carbons (Fsp3) is 0.526. The highest BCUT2D eigenvalue weighted by molar-refractivity contribution is 5.50. The highest BCUT2D eigenvalue weighted by atomic mass is 15.4. The van der Waals surface area contributed by atoms with Crippen LogP contribution in [0, 0.1) is 6.92 Å². The van der Waals surface area contributed by atoms with Crippen molar-refractivity contribution in [3.8, 4) is 0 Å². The fourth-order valence-corrected chi connectivity index (χ4v) is 4.28. The molecular weight excluding hydrogens is 326 g/mol. The summed E-state index contributed by atoms with van der Waals surface area (Å²) in [5, 5.41) is 13.3. The highest BCUT2D eigenvalue weighted by Crippen LogP contribution is 2.32. The van der Waals surface area contributed by atoms with Crippen molar-refractivity contribution in [3.05, 3.63) is 41.2 Å². The maximum atomic E-state index is 4.63. The average molecular weight is 349 g/mol. The molecule has 0 spiro atoms. The van der Waals surface area contributed by atoms with Crippen LogP contribution in [0.2, 0.25) is 0 Å². The van der Waals surface area contributed by atoms with E-state index in [0.29, 0.717) is 5.92 Å². The molecular formula is C19H23N7. The Labute approximate surface area is 152 Å². The quantitative estimate of drug-likeness (QED) is 0.708. The molecule has 3 aromatic heterocycles. The zero-order chi connectivity index (χ0) is 17.5. The molecule has 4 heterocycles. The summed E-state index contributed by atoms with van der Waals surface area (Å²) in [5.41, 5.74) is 4.45. The van der Waals surface area contributed by atoms with Gasteiger partial charge in [-0.3, -0.25) is 0 Å². The number of hydrogen-bond donors (Lipinski definition) is 0. The molecule has 0 aromatic carbocycles. The maximum absolute atomic E-state index is 4.63. The largest absolute Gasteiger partial charge is 0.356 e.